The summed E-state index contributed by atoms with van der Waals surface area (Å²) in [5.41, 5.74) is 3.56. The summed E-state index contributed by atoms with van der Waals surface area (Å²) in [4.78, 5) is 0. The molecule has 4 aromatic rings. The quantitative estimate of drug-likeness (QED) is 0.444. The summed E-state index contributed by atoms with van der Waals surface area (Å²) in [5.74, 6) is -1.14. The van der Waals surface area contributed by atoms with E-state index in [1.807, 2.05) is 12.1 Å². The Labute approximate surface area is 159 Å². The van der Waals surface area contributed by atoms with E-state index in [2.05, 4.69) is 0 Å². The summed E-state index contributed by atoms with van der Waals surface area (Å²) >= 11 is 0. The number of aromatic hydroxyl groups is 2. The van der Waals surface area contributed by atoms with E-state index >= 15 is 0 Å². The largest absolute Gasteiger partial charge is 0.508 e. The Morgan fingerprint density at radius 2 is 1.54 bits per heavy atom. The van der Waals surface area contributed by atoms with Crippen LogP contribution in [-0.4, -0.2) is 10.2 Å². The smallest absolute Gasteiger partial charge is 0.159 e. The lowest BCUT2D eigenvalue weighted by Gasteiger charge is -2.25. The Morgan fingerprint density at radius 3 is 2.36 bits per heavy atom. The van der Waals surface area contributed by atoms with Gasteiger partial charge in [-0.2, -0.15) is 0 Å². The zero-order valence-electron chi connectivity index (χ0n) is 14.5. The highest BCUT2D eigenvalue weighted by molar-refractivity contribution is 6.05. The van der Waals surface area contributed by atoms with Gasteiger partial charge in [-0.1, -0.05) is 18.2 Å². The molecule has 0 unspecified atom stereocenters. The summed E-state index contributed by atoms with van der Waals surface area (Å²) < 4.78 is 33.5. The van der Waals surface area contributed by atoms with Crippen LogP contribution in [0.4, 0.5) is 8.78 Å². The van der Waals surface area contributed by atoms with Crippen molar-refractivity contribution in [2.75, 3.05) is 0 Å². The number of phenols is 2. The molecule has 0 bridgehead atoms. The van der Waals surface area contributed by atoms with Gasteiger partial charge in [0.25, 0.3) is 0 Å². The molecule has 5 rings (SSSR count). The molecule has 2 N–H and O–H groups in total. The summed E-state index contributed by atoms with van der Waals surface area (Å²) in [6.45, 7) is 0.234. The summed E-state index contributed by atoms with van der Waals surface area (Å²) in [6, 6.07) is 15.6. The van der Waals surface area contributed by atoms with Crippen LogP contribution >= 0.6 is 0 Å². The molecule has 4 aromatic carbocycles. The van der Waals surface area contributed by atoms with Crippen LogP contribution in [0.15, 0.2) is 60.7 Å². The van der Waals surface area contributed by atoms with Crippen molar-refractivity contribution in [2.24, 2.45) is 0 Å². The number of rotatable bonds is 1. The Hall–Kier alpha value is -3.60. The zero-order valence-corrected chi connectivity index (χ0v) is 14.5. The fourth-order valence-corrected chi connectivity index (χ4v) is 3.77. The Balaban J connectivity index is 1.89. The fraction of sp³-hybridized carbons (Fsp3) is 0.0435. The predicted octanol–water partition coefficient (Wildman–Crippen LogP) is 5.76. The summed E-state index contributed by atoms with van der Waals surface area (Å²) in [5, 5.41) is 21.3. The summed E-state index contributed by atoms with van der Waals surface area (Å²) in [7, 11) is 0. The maximum atomic E-state index is 14.0. The first kappa shape index (κ1) is 16.6. The molecule has 0 atom stereocenters. The number of ether oxygens (including phenoxy) is 1. The molecule has 0 radical (unpaired) electrons. The van der Waals surface area contributed by atoms with Crippen molar-refractivity contribution in [3.63, 3.8) is 0 Å². The number of hydrogen-bond acceptors (Lipinski definition) is 3. The molecule has 138 valence electrons. The summed E-state index contributed by atoms with van der Waals surface area (Å²) in [6.07, 6.45) is 0. The van der Waals surface area contributed by atoms with Crippen LogP contribution in [0.2, 0.25) is 0 Å². The highest BCUT2D eigenvalue weighted by atomic mass is 19.2. The average molecular weight is 376 g/mol. The Bertz CT molecular complexity index is 1260. The van der Waals surface area contributed by atoms with Crippen LogP contribution in [-0.2, 0) is 6.61 Å². The second-order valence-electron chi connectivity index (χ2n) is 6.79. The van der Waals surface area contributed by atoms with Gasteiger partial charge in [0.1, 0.15) is 23.9 Å². The van der Waals surface area contributed by atoms with Crippen LogP contribution in [0.1, 0.15) is 5.56 Å². The van der Waals surface area contributed by atoms with E-state index in [4.69, 9.17) is 4.74 Å². The van der Waals surface area contributed by atoms with Crippen LogP contribution in [0, 0.1) is 11.6 Å². The minimum atomic E-state index is -0.954. The second kappa shape index (κ2) is 5.96. The highest BCUT2D eigenvalue weighted by Gasteiger charge is 2.24. The lowest BCUT2D eigenvalue weighted by Crippen LogP contribution is -2.07. The van der Waals surface area contributed by atoms with Gasteiger partial charge >= 0.3 is 0 Å². The van der Waals surface area contributed by atoms with Crippen LogP contribution < -0.4 is 4.74 Å². The van der Waals surface area contributed by atoms with E-state index < -0.39 is 11.6 Å². The van der Waals surface area contributed by atoms with Crippen molar-refractivity contribution < 1.29 is 23.7 Å². The van der Waals surface area contributed by atoms with E-state index in [9.17, 15) is 19.0 Å². The van der Waals surface area contributed by atoms with Crippen molar-refractivity contribution >= 4 is 10.8 Å². The van der Waals surface area contributed by atoms with E-state index in [1.54, 1.807) is 30.3 Å². The average Bonchev–Trinajstić information content (AvgIpc) is 2.68. The van der Waals surface area contributed by atoms with E-state index in [0.717, 1.165) is 34.2 Å². The third-order valence-corrected chi connectivity index (χ3v) is 5.04. The lowest BCUT2D eigenvalue weighted by molar-refractivity contribution is 0.303. The molecule has 0 aliphatic carbocycles. The molecular formula is C23H14F2O3. The maximum Gasteiger partial charge on any atom is 0.159 e. The van der Waals surface area contributed by atoms with Crippen molar-refractivity contribution in [3.8, 4) is 39.5 Å². The molecule has 5 heteroatoms. The van der Waals surface area contributed by atoms with Crippen LogP contribution in [0.25, 0.3) is 33.0 Å². The normalized spacial score (nSPS) is 12.4. The molecule has 28 heavy (non-hydrogen) atoms. The molecule has 1 heterocycles. The van der Waals surface area contributed by atoms with Gasteiger partial charge in [-0.3, -0.25) is 0 Å². The third kappa shape index (κ3) is 2.47. The van der Waals surface area contributed by atoms with Gasteiger partial charge in [0, 0.05) is 16.7 Å². The van der Waals surface area contributed by atoms with Gasteiger partial charge in [0.2, 0.25) is 0 Å². The molecule has 0 fully saturated rings. The van der Waals surface area contributed by atoms with E-state index in [-0.39, 0.29) is 18.1 Å². The number of hydrogen-bond donors (Lipinski definition) is 2. The van der Waals surface area contributed by atoms with Crippen LogP contribution in [0.3, 0.4) is 0 Å². The molecule has 0 saturated carbocycles. The van der Waals surface area contributed by atoms with Gasteiger partial charge < -0.3 is 14.9 Å². The molecule has 1 aliphatic rings. The molecule has 0 spiro atoms. The molecule has 0 amide bonds. The van der Waals surface area contributed by atoms with Gasteiger partial charge in [0.15, 0.2) is 11.6 Å². The van der Waals surface area contributed by atoms with Gasteiger partial charge in [0.05, 0.1) is 0 Å². The number of benzene rings is 4. The molecule has 1 aliphatic heterocycles. The molecule has 3 nitrogen and oxygen atoms in total. The maximum absolute atomic E-state index is 14.0. The second-order valence-corrected chi connectivity index (χ2v) is 6.79. The van der Waals surface area contributed by atoms with Gasteiger partial charge in [-0.05, 0) is 64.4 Å². The zero-order chi connectivity index (χ0) is 19.4. The predicted molar refractivity (Wildman–Crippen MR) is 102 cm³/mol. The molecule has 0 saturated heterocycles. The fourth-order valence-electron chi connectivity index (χ4n) is 3.77. The van der Waals surface area contributed by atoms with Crippen molar-refractivity contribution in [1.82, 2.24) is 0 Å². The SMILES string of the molecule is Oc1ccc2c(c1)COc1c-2cc2ccc(O)cc2c1-c1ccc(F)c(F)c1. The first-order chi connectivity index (χ1) is 13.5. The van der Waals surface area contributed by atoms with Crippen molar-refractivity contribution in [1.29, 1.82) is 0 Å². The Morgan fingerprint density at radius 1 is 0.750 bits per heavy atom. The van der Waals surface area contributed by atoms with E-state index in [0.29, 0.717) is 22.3 Å². The Kier molecular flexibility index (Phi) is 3.52. The standard InChI is InChI=1S/C23H14F2O3/c24-20-6-2-13(9-21(20)25)22-18-10-16(27)3-1-12(18)8-19-17-5-4-15(26)7-14(17)11-28-23(19)22/h1-10,26-27H,11H2. The van der Waals surface area contributed by atoms with Crippen molar-refractivity contribution in [3.05, 3.63) is 77.9 Å². The van der Waals surface area contributed by atoms with E-state index in [1.165, 1.54) is 6.07 Å². The number of phenolic OH excluding ortho intramolecular Hbond substituents is 2. The van der Waals surface area contributed by atoms with Gasteiger partial charge in [-0.25, -0.2) is 8.78 Å². The topological polar surface area (TPSA) is 49.7 Å². The monoisotopic (exact) mass is 376 g/mol. The minimum Gasteiger partial charge on any atom is -0.508 e. The van der Waals surface area contributed by atoms with Gasteiger partial charge in [-0.15, -0.1) is 0 Å². The molecule has 0 aromatic heterocycles. The number of halogens is 2. The van der Waals surface area contributed by atoms with Crippen LogP contribution in [0.5, 0.6) is 17.2 Å². The van der Waals surface area contributed by atoms with Crippen molar-refractivity contribution in [2.45, 2.75) is 6.61 Å². The first-order valence-corrected chi connectivity index (χ1v) is 8.71. The minimum absolute atomic E-state index is 0.0671. The first-order valence-electron chi connectivity index (χ1n) is 8.71. The molecular weight excluding hydrogens is 362 g/mol. The highest BCUT2D eigenvalue weighted by Crippen LogP contribution is 2.48. The third-order valence-electron chi connectivity index (χ3n) is 5.04. The number of fused-ring (bicyclic) bond motifs is 4. The lowest BCUT2D eigenvalue weighted by atomic mass is 9.88.